The summed E-state index contributed by atoms with van der Waals surface area (Å²) in [4.78, 5) is 6.13. The summed E-state index contributed by atoms with van der Waals surface area (Å²) >= 11 is 0. The number of hydrogen-bond acceptors (Lipinski definition) is 4. The van der Waals surface area contributed by atoms with Crippen LogP contribution >= 0.6 is 0 Å². The highest BCUT2D eigenvalue weighted by Crippen LogP contribution is 2.34. The highest BCUT2D eigenvalue weighted by Gasteiger charge is 2.24. The van der Waals surface area contributed by atoms with E-state index in [4.69, 9.17) is 4.74 Å². The summed E-state index contributed by atoms with van der Waals surface area (Å²) in [7, 11) is 1.05. The molecule has 0 aliphatic carbocycles. The van der Waals surface area contributed by atoms with Crippen LogP contribution in [0, 0.1) is 5.82 Å². The molecule has 0 amide bonds. The Morgan fingerprint density at radius 2 is 1.82 bits per heavy atom. The van der Waals surface area contributed by atoms with Gasteiger partial charge in [-0.1, -0.05) is 25.0 Å². The van der Waals surface area contributed by atoms with E-state index in [1.807, 2.05) is 24.3 Å². The molecule has 1 aromatic heterocycles. The number of H-pyrrole nitrogens is 1. The van der Waals surface area contributed by atoms with Gasteiger partial charge in [-0.3, -0.25) is 4.90 Å². The molecule has 0 bridgehead atoms. The van der Waals surface area contributed by atoms with Gasteiger partial charge in [-0.25, -0.2) is 17.1 Å². The zero-order chi connectivity index (χ0) is 24.3. The van der Waals surface area contributed by atoms with Crippen molar-refractivity contribution < 1.29 is 17.5 Å². The number of nitrogens with zero attached hydrogens (tertiary/aromatic N) is 2. The predicted octanol–water partition coefficient (Wildman–Crippen LogP) is 5.20. The number of sulfonamides is 1. The van der Waals surface area contributed by atoms with E-state index >= 15 is 0 Å². The third kappa shape index (κ3) is 5.19. The first-order valence-electron chi connectivity index (χ1n) is 11.6. The van der Waals surface area contributed by atoms with Crippen molar-refractivity contribution in [2.45, 2.75) is 43.2 Å². The topological polar surface area (TPSA) is 65.6 Å². The SMILES string of the molecule is COc1ccc(S(=O)(=O)N(C)C)cc1-c1ccc(CN2CCCCC[C@@H]2c2ccc(F)cc2)[nH]1. The lowest BCUT2D eigenvalue weighted by molar-refractivity contribution is 0.190. The Balaban J connectivity index is 1.62. The Bertz CT molecular complexity index is 1220. The lowest BCUT2D eigenvalue weighted by Crippen LogP contribution is -2.28. The molecule has 34 heavy (non-hydrogen) atoms. The van der Waals surface area contributed by atoms with Crippen LogP contribution in [0.4, 0.5) is 4.39 Å². The first-order valence-corrected chi connectivity index (χ1v) is 13.0. The predicted molar refractivity (Wildman–Crippen MR) is 132 cm³/mol. The Morgan fingerprint density at radius 3 is 2.53 bits per heavy atom. The van der Waals surface area contributed by atoms with Gasteiger partial charge in [0.05, 0.1) is 12.0 Å². The van der Waals surface area contributed by atoms with Gasteiger partial charge >= 0.3 is 0 Å². The lowest BCUT2D eigenvalue weighted by atomic mass is 10.0. The summed E-state index contributed by atoms with van der Waals surface area (Å²) in [5, 5.41) is 0. The van der Waals surface area contributed by atoms with Crippen LogP contribution < -0.4 is 4.74 Å². The Morgan fingerprint density at radius 1 is 1.06 bits per heavy atom. The van der Waals surface area contributed by atoms with Crippen LogP contribution in [0.25, 0.3) is 11.3 Å². The number of halogens is 1. The third-order valence-electron chi connectivity index (χ3n) is 6.48. The van der Waals surface area contributed by atoms with Crippen LogP contribution in [-0.4, -0.2) is 50.4 Å². The van der Waals surface area contributed by atoms with Crippen molar-refractivity contribution in [3.05, 3.63) is 71.7 Å². The van der Waals surface area contributed by atoms with E-state index in [1.165, 1.54) is 37.0 Å². The average molecular weight is 486 g/mol. The average Bonchev–Trinajstić information content (AvgIpc) is 3.17. The first kappa shape index (κ1) is 24.4. The van der Waals surface area contributed by atoms with Gasteiger partial charge < -0.3 is 9.72 Å². The monoisotopic (exact) mass is 485 g/mol. The van der Waals surface area contributed by atoms with Crippen LogP contribution in [0.3, 0.4) is 0 Å². The lowest BCUT2D eigenvalue weighted by Gasteiger charge is -2.30. The number of aromatic nitrogens is 1. The second-order valence-corrected chi connectivity index (χ2v) is 11.1. The molecule has 3 aromatic rings. The zero-order valence-corrected chi connectivity index (χ0v) is 20.7. The smallest absolute Gasteiger partial charge is 0.242 e. The van der Waals surface area contributed by atoms with Crippen molar-refractivity contribution in [1.29, 1.82) is 0 Å². The van der Waals surface area contributed by atoms with E-state index < -0.39 is 10.0 Å². The summed E-state index contributed by atoms with van der Waals surface area (Å²) in [5.74, 6) is 0.385. The summed E-state index contributed by atoms with van der Waals surface area (Å²) in [6.07, 6.45) is 4.51. The number of rotatable bonds is 7. The number of hydrogen-bond donors (Lipinski definition) is 1. The Labute approximate surface area is 201 Å². The molecule has 1 saturated heterocycles. The molecule has 1 fully saturated rings. The van der Waals surface area contributed by atoms with Gasteiger partial charge in [0, 0.05) is 43.6 Å². The van der Waals surface area contributed by atoms with E-state index in [1.54, 1.807) is 25.3 Å². The molecular weight excluding hydrogens is 453 g/mol. The summed E-state index contributed by atoms with van der Waals surface area (Å²) in [6, 6.07) is 16.0. The van der Waals surface area contributed by atoms with Crippen LogP contribution in [0.1, 0.15) is 43.0 Å². The number of nitrogens with one attached hydrogen (secondary N) is 1. The normalized spacial score (nSPS) is 17.6. The maximum Gasteiger partial charge on any atom is 0.242 e. The van der Waals surface area contributed by atoms with Crippen molar-refractivity contribution in [2.24, 2.45) is 0 Å². The number of aromatic amines is 1. The molecule has 0 unspecified atom stereocenters. The van der Waals surface area contributed by atoms with E-state index in [-0.39, 0.29) is 16.8 Å². The molecule has 2 aromatic carbocycles. The Hall–Kier alpha value is -2.68. The van der Waals surface area contributed by atoms with Gasteiger partial charge in [0.15, 0.2) is 0 Å². The molecule has 0 spiro atoms. The van der Waals surface area contributed by atoms with E-state index in [0.717, 1.165) is 49.3 Å². The fourth-order valence-electron chi connectivity index (χ4n) is 4.60. The summed E-state index contributed by atoms with van der Waals surface area (Å²) in [5.41, 5.74) is 3.67. The molecule has 8 heteroatoms. The fourth-order valence-corrected chi connectivity index (χ4v) is 5.53. The Kier molecular flexibility index (Phi) is 7.40. The molecular formula is C26H32FN3O3S. The van der Waals surface area contributed by atoms with E-state index in [9.17, 15) is 12.8 Å². The fraction of sp³-hybridized carbons (Fsp3) is 0.385. The van der Waals surface area contributed by atoms with Crippen molar-refractivity contribution in [3.8, 4) is 17.0 Å². The van der Waals surface area contributed by atoms with Gasteiger partial charge in [0.2, 0.25) is 10.0 Å². The summed E-state index contributed by atoms with van der Waals surface area (Å²) < 4.78 is 45.5. The number of likely N-dealkylation sites (tertiary alicyclic amines) is 1. The van der Waals surface area contributed by atoms with Crippen molar-refractivity contribution >= 4 is 10.0 Å². The van der Waals surface area contributed by atoms with E-state index in [2.05, 4.69) is 9.88 Å². The second kappa shape index (κ2) is 10.3. The van der Waals surface area contributed by atoms with Crippen molar-refractivity contribution in [3.63, 3.8) is 0 Å². The van der Waals surface area contributed by atoms with Gasteiger partial charge in [-0.2, -0.15) is 0 Å². The molecule has 1 atom stereocenters. The molecule has 1 aliphatic heterocycles. The minimum absolute atomic E-state index is 0.216. The van der Waals surface area contributed by atoms with Crippen molar-refractivity contribution in [2.75, 3.05) is 27.7 Å². The maximum atomic E-state index is 13.5. The summed E-state index contributed by atoms with van der Waals surface area (Å²) in [6.45, 7) is 1.69. The molecule has 4 rings (SSSR count). The molecule has 182 valence electrons. The number of benzene rings is 2. The second-order valence-electron chi connectivity index (χ2n) is 8.93. The van der Waals surface area contributed by atoms with E-state index in [0.29, 0.717) is 11.3 Å². The molecule has 0 radical (unpaired) electrons. The van der Waals surface area contributed by atoms with Crippen LogP contribution in [-0.2, 0) is 16.6 Å². The minimum Gasteiger partial charge on any atom is -0.496 e. The van der Waals surface area contributed by atoms with Gasteiger partial charge in [-0.15, -0.1) is 0 Å². The third-order valence-corrected chi connectivity index (χ3v) is 8.29. The van der Waals surface area contributed by atoms with Gasteiger partial charge in [0.1, 0.15) is 11.6 Å². The zero-order valence-electron chi connectivity index (χ0n) is 19.9. The van der Waals surface area contributed by atoms with Crippen LogP contribution in [0.2, 0.25) is 0 Å². The minimum atomic E-state index is -3.56. The molecule has 0 saturated carbocycles. The largest absolute Gasteiger partial charge is 0.496 e. The highest BCUT2D eigenvalue weighted by atomic mass is 32.2. The number of methoxy groups -OCH3 is 1. The standard InChI is InChI=1S/C26H32FN3O3S/c1-29(2)34(31,32)22-13-15-26(33-3)23(17-22)24-14-12-21(28-24)18-30-16-6-4-5-7-25(30)19-8-10-20(27)11-9-19/h8-15,17,25,28H,4-7,16,18H2,1-3H3/t25-/m1/s1. The van der Waals surface area contributed by atoms with Gasteiger partial charge in [0.25, 0.3) is 0 Å². The maximum absolute atomic E-state index is 13.5. The molecule has 1 N–H and O–H groups in total. The molecule has 2 heterocycles. The quantitative estimate of drug-likeness (QED) is 0.500. The highest BCUT2D eigenvalue weighted by molar-refractivity contribution is 7.89. The van der Waals surface area contributed by atoms with Gasteiger partial charge in [-0.05, 0) is 67.4 Å². The van der Waals surface area contributed by atoms with Crippen LogP contribution in [0.5, 0.6) is 5.75 Å². The van der Waals surface area contributed by atoms with Crippen LogP contribution in [0.15, 0.2) is 59.5 Å². The number of ether oxygens (including phenoxy) is 1. The molecule has 6 nitrogen and oxygen atoms in total. The van der Waals surface area contributed by atoms with Crippen molar-refractivity contribution in [1.82, 2.24) is 14.2 Å². The first-order chi connectivity index (χ1) is 16.3. The molecule has 1 aliphatic rings.